The van der Waals surface area contributed by atoms with Crippen LogP contribution in [0, 0.1) is 23.5 Å². The van der Waals surface area contributed by atoms with Gasteiger partial charge >= 0.3 is 0 Å². The lowest BCUT2D eigenvalue weighted by molar-refractivity contribution is 0.548. The lowest BCUT2D eigenvalue weighted by atomic mass is 10.0. The molecule has 4 heteroatoms. The minimum Gasteiger partial charge on any atom is -0.207 e. The molecule has 0 aliphatic heterocycles. The zero-order valence-corrected chi connectivity index (χ0v) is 8.65. The molecule has 0 atom stereocenters. The first-order chi connectivity index (χ1) is 7.58. The fraction of sp³-hybridized carbons (Fsp3) is 0. The van der Waals surface area contributed by atoms with Crippen molar-refractivity contribution in [1.82, 2.24) is 0 Å². The fourth-order valence-corrected chi connectivity index (χ4v) is 1.59. The molecule has 2 aromatic rings. The van der Waals surface area contributed by atoms with E-state index >= 15 is 0 Å². The highest BCUT2D eigenvalue weighted by Crippen LogP contribution is 2.28. The Morgan fingerprint density at radius 3 is 2.19 bits per heavy atom. The summed E-state index contributed by atoms with van der Waals surface area (Å²) >= 11 is 5.66. The molecule has 16 heavy (non-hydrogen) atoms. The smallest absolute Gasteiger partial charge is 0.136 e. The molecule has 0 unspecified atom stereocenters. The Hall–Kier alpha value is -1.48. The van der Waals surface area contributed by atoms with E-state index in [0.717, 1.165) is 0 Å². The van der Waals surface area contributed by atoms with Gasteiger partial charge in [0.1, 0.15) is 17.5 Å². The maximum atomic E-state index is 13.4. The van der Waals surface area contributed by atoms with Crippen LogP contribution in [-0.2, 0) is 0 Å². The third kappa shape index (κ3) is 2.04. The lowest BCUT2D eigenvalue weighted by Crippen LogP contribution is -1.92. The van der Waals surface area contributed by atoms with Crippen molar-refractivity contribution in [3.8, 4) is 11.1 Å². The van der Waals surface area contributed by atoms with Gasteiger partial charge in [-0.2, -0.15) is 0 Å². The molecule has 0 saturated heterocycles. The van der Waals surface area contributed by atoms with Crippen molar-refractivity contribution in [2.24, 2.45) is 0 Å². The van der Waals surface area contributed by atoms with Crippen molar-refractivity contribution in [3.63, 3.8) is 0 Å². The molecule has 0 N–H and O–H groups in total. The van der Waals surface area contributed by atoms with Crippen LogP contribution < -0.4 is 0 Å². The highest BCUT2D eigenvalue weighted by molar-refractivity contribution is 6.30. The van der Waals surface area contributed by atoms with Gasteiger partial charge in [-0.05, 0) is 11.6 Å². The van der Waals surface area contributed by atoms with E-state index in [1.165, 1.54) is 18.2 Å². The van der Waals surface area contributed by atoms with E-state index in [4.69, 9.17) is 11.6 Å². The number of hydrogen-bond donors (Lipinski definition) is 0. The molecule has 1 radical (unpaired) electrons. The summed E-state index contributed by atoms with van der Waals surface area (Å²) in [5.74, 6) is -2.87. The van der Waals surface area contributed by atoms with Gasteiger partial charge in [0.05, 0.1) is 5.56 Å². The molecule has 0 aliphatic rings. The van der Waals surface area contributed by atoms with Crippen LogP contribution in [0.15, 0.2) is 30.3 Å². The SMILES string of the molecule is Fc1cc(F)c(-c2cc[c]c(Cl)c2)c(F)c1. The zero-order valence-electron chi connectivity index (χ0n) is 7.90. The molecule has 2 rings (SSSR count). The lowest BCUT2D eigenvalue weighted by Gasteiger charge is -2.05. The first-order valence-electron chi connectivity index (χ1n) is 4.40. The summed E-state index contributed by atoms with van der Waals surface area (Å²) in [4.78, 5) is 0. The standard InChI is InChI=1S/C12H5ClF3/c13-8-3-1-2-7(4-8)12-10(15)5-9(14)6-11(12)16/h1-2,4-6H. The summed E-state index contributed by atoms with van der Waals surface area (Å²) in [7, 11) is 0. The fourth-order valence-electron chi connectivity index (χ4n) is 1.41. The van der Waals surface area contributed by atoms with Crippen molar-refractivity contribution in [3.05, 3.63) is 58.9 Å². The van der Waals surface area contributed by atoms with Crippen LogP contribution in [0.1, 0.15) is 0 Å². The number of halogens is 4. The van der Waals surface area contributed by atoms with E-state index in [-0.39, 0.29) is 16.1 Å². The first kappa shape index (κ1) is 11.0. The Morgan fingerprint density at radius 2 is 1.62 bits per heavy atom. The molecular formula is C12H5ClF3. The van der Waals surface area contributed by atoms with E-state index < -0.39 is 17.5 Å². The number of rotatable bonds is 1. The molecule has 0 amide bonds. The molecule has 0 fully saturated rings. The summed E-state index contributed by atoms with van der Waals surface area (Å²) in [5.41, 5.74) is -0.0453. The van der Waals surface area contributed by atoms with Gasteiger partial charge in [-0.1, -0.05) is 23.7 Å². The minimum atomic E-state index is -0.959. The van der Waals surface area contributed by atoms with Gasteiger partial charge in [0.15, 0.2) is 0 Å². The summed E-state index contributed by atoms with van der Waals surface area (Å²) < 4.78 is 39.5. The molecule has 0 nitrogen and oxygen atoms in total. The molecule has 0 bridgehead atoms. The molecule has 0 heterocycles. The van der Waals surface area contributed by atoms with Crippen molar-refractivity contribution >= 4 is 11.6 Å². The summed E-state index contributed by atoms with van der Waals surface area (Å²) in [5, 5.41) is 0.237. The monoisotopic (exact) mass is 241 g/mol. The van der Waals surface area contributed by atoms with Gasteiger partial charge in [-0.25, -0.2) is 13.2 Å². The van der Waals surface area contributed by atoms with Crippen LogP contribution in [0.5, 0.6) is 0 Å². The maximum Gasteiger partial charge on any atom is 0.136 e. The minimum absolute atomic E-state index is 0.237. The molecular weight excluding hydrogens is 237 g/mol. The third-order valence-electron chi connectivity index (χ3n) is 2.06. The second-order valence-electron chi connectivity index (χ2n) is 3.17. The van der Waals surface area contributed by atoms with E-state index in [0.29, 0.717) is 12.1 Å². The van der Waals surface area contributed by atoms with Gasteiger partial charge in [-0.15, -0.1) is 0 Å². The van der Waals surface area contributed by atoms with Crippen molar-refractivity contribution in [1.29, 1.82) is 0 Å². The van der Waals surface area contributed by atoms with Gasteiger partial charge in [0.2, 0.25) is 0 Å². The van der Waals surface area contributed by atoms with Crippen LogP contribution in [-0.4, -0.2) is 0 Å². The number of hydrogen-bond acceptors (Lipinski definition) is 0. The molecule has 2 aromatic carbocycles. The molecule has 0 aromatic heterocycles. The molecule has 0 saturated carbocycles. The number of benzene rings is 2. The average Bonchev–Trinajstić information content (AvgIpc) is 2.15. The van der Waals surface area contributed by atoms with Crippen LogP contribution in [0.4, 0.5) is 13.2 Å². The van der Waals surface area contributed by atoms with Gasteiger partial charge < -0.3 is 0 Å². The van der Waals surface area contributed by atoms with E-state index in [2.05, 4.69) is 6.07 Å². The second-order valence-corrected chi connectivity index (χ2v) is 3.58. The predicted octanol–water partition coefficient (Wildman–Crippen LogP) is 4.22. The van der Waals surface area contributed by atoms with E-state index in [9.17, 15) is 13.2 Å². The topological polar surface area (TPSA) is 0 Å². The quantitative estimate of drug-likeness (QED) is 0.701. The van der Waals surface area contributed by atoms with Gasteiger partial charge in [0.25, 0.3) is 0 Å². The second kappa shape index (κ2) is 4.18. The zero-order chi connectivity index (χ0) is 11.7. The maximum absolute atomic E-state index is 13.4. The van der Waals surface area contributed by atoms with Gasteiger partial charge in [-0.3, -0.25) is 0 Å². The largest absolute Gasteiger partial charge is 0.207 e. The van der Waals surface area contributed by atoms with Crippen molar-refractivity contribution < 1.29 is 13.2 Å². The molecule has 0 aliphatic carbocycles. The third-order valence-corrected chi connectivity index (χ3v) is 2.28. The summed E-state index contributed by atoms with van der Waals surface area (Å²) in [6.45, 7) is 0. The normalized spacial score (nSPS) is 10.5. The van der Waals surface area contributed by atoms with Crippen LogP contribution in [0.2, 0.25) is 5.02 Å². The van der Waals surface area contributed by atoms with E-state index in [1.54, 1.807) is 0 Å². The van der Waals surface area contributed by atoms with Gasteiger partial charge in [0, 0.05) is 23.2 Å². The Morgan fingerprint density at radius 1 is 1.00 bits per heavy atom. The van der Waals surface area contributed by atoms with Crippen LogP contribution in [0.3, 0.4) is 0 Å². The molecule has 0 spiro atoms. The van der Waals surface area contributed by atoms with Crippen molar-refractivity contribution in [2.75, 3.05) is 0 Å². The average molecular weight is 242 g/mol. The van der Waals surface area contributed by atoms with Crippen molar-refractivity contribution in [2.45, 2.75) is 0 Å². The Bertz CT molecular complexity index is 515. The Labute approximate surface area is 95.3 Å². The highest BCUT2D eigenvalue weighted by Gasteiger charge is 2.13. The highest BCUT2D eigenvalue weighted by atomic mass is 35.5. The van der Waals surface area contributed by atoms with Crippen LogP contribution in [0.25, 0.3) is 11.1 Å². The van der Waals surface area contributed by atoms with Crippen LogP contribution >= 0.6 is 11.6 Å². The summed E-state index contributed by atoms with van der Waals surface area (Å²) in [6.07, 6.45) is 0. The molecule has 81 valence electrons. The predicted molar refractivity (Wildman–Crippen MR) is 55.6 cm³/mol. The first-order valence-corrected chi connectivity index (χ1v) is 4.78. The Kier molecular flexibility index (Phi) is 2.88. The summed E-state index contributed by atoms with van der Waals surface area (Å²) in [6, 6.07) is 8.15. The Balaban J connectivity index is 2.64. The van der Waals surface area contributed by atoms with E-state index in [1.807, 2.05) is 0 Å².